The maximum Gasteiger partial charge on any atom is 0.228 e. The predicted octanol–water partition coefficient (Wildman–Crippen LogP) is 2.44. The summed E-state index contributed by atoms with van der Waals surface area (Å²) in [5.74, 6) is 0.125. The van der Waals surface area contributed by atoms with E-state index in [1.165, 1.54) is 6.42 Å². The molecular formula is C18H24N2O2. The minimum Gasteiger partial charge on any atom is -0.340 e. The standard InChI is InChI=1S/C18H24N2O2/c1-14-7-5-6-10-20(14)18(22)16-11-17(21)19(13-16)12-15-8-3-2-4-9-15/h2-4,8-9,14,16H,5-7,10-13H2,1H3. The van der Waals surface area contributed by atoms with Gasteiger partial charge >= 0.3 is 0 Å². The lowest BCUT2D eigenvalue weighted by atomic mass is 9.99. The molecular weight excluding hydrogens is 276 g/mol. The molecule has 0 spiro atoms. The van der Waals surface area contributed by atoms with Crippen molar-refractivity contribution in [3.8, 4) is 0 Å². The van der Waals surface area contributed by atoms with E-state index in [2.05, 4.69) is 6.92 Å². The van der Waals surface area contributed by atoms with Gasteiger partial charge in [-0.1, -0.05) is 30.3 Å². The largest absolute Gasteiger partial charge is 0.340 e. The summed E-state index contributed by atoms with van der Waals surface area (Å²) < 4.78 is 0. The van der Waals surface area contributed by atoms with Gasteiger partial charge in [-0.2, -0.15) is 0 Å². The molecule has 2 unspecified atom stereocenters. The zero-order valence-electron chi connectivity index (χ0n) is 13.2. The number of rotatable bonds is 3. The maximum atomic E-state index is 12.7. The molecule has 22 heavy (non-hydrogen) atoms. The minimum atomic E-state index is -0.156. The van der Waals surface area contributed by atoms with Gasteiger partial charge in [-0.15, -0.1) is 0 Å². The van der Waals surface area contributed by atoms with Crippen LogP contribution in [0.1, 0.15) is 38.2 Å². The summed E-state index contributed by atoms with van der Waals surface area (Å²) in [6.45, 7) is 4.15. The Morgan fingerprint density at radius 2 is 2.00 bits per heavy atom. The third-order valence-corrected chi connectivity index (χ3v) is 4.87. The molecule has 2 aliphatic rings. The molecule has 2 aliphatic heterocycles. The fourth-order valence-corrected chi connectivity index (χ4v) is 3.55. The van der Waals surface area contributed by atoms with E-state index in [1.807, 2.05) is 40.1 Å². The normalized spacial score (nSPS) is 25.6. The van der Waals surface area contributed by atoms with Crippen LogP contribution in [0, 0.1) is 5.92 Å². The molecule has 2 fully saturated rings. The lowest BCUT2D eigenvalue weighted by Crippen LogP contribution is -2.45. The number of carbonyl (C=O) groups is 2. The number of amides is 2. The molecule has 2 saturated heterocycles. The average molecular weight is 300 g/mol. The molecule has 2 amide bonds. The van der Waals surface area contributed by atoms with Gasteiger partial charge in [-0.25, -0.2) is 0 Å². The number of nitrogens with zero attached hydrogens (tertiary/aromatic N) is 2. The van der Waals surface area contributed by atoms with Crippen LogP contribution in [0.25, 0.3) is 0 Å². The van der Waals surface area contributed by atoms with E-state index in [4.69, 9.17) is 0 Å². The van der Waals surface area contributed by atoms with E-state index in [-0.39, 0.29) is 17.7 Å². The van der Waals surface area contributed by atoms with Crippen molar-refractivity contribution in [1.29, 1.82) is 0 Å². The Morgan fingerprint density at radius 1 is 1.23 bits per heavy atom. The van der Waals surface area contributed by atoms with Gasteiger partial charge in [0, 0.05) is 32.1 Å². The molecule has 0 bridgehead atoms. The molecule has 2 heterocycles. The maximum absolute atomic E-state index is 12.7. The van der Waals surface area contributed by atoms with Crippen LogP contribution in [-0.2, 0) is 16.1 Å². The molecule has 0 N–H and O–H groups in total. The summed E-state index contributed by atoms with van der Waals surface area (Å²) in [7, 11) is 0. The molecule has 0 saturated carbocycles. The highest BCUT2D eigenvalue weighted by atomic mass is 16.2. The van der Waals surface area contributed by atoms with Crippen molar-refractivity contribution in [2.45, 2.75) is 45.2 Å². The predicted molar refractivity (Wildman–Crippen MR) is 85.0 cm³/mol. The smallest absolute Gasteiger partial charge is 0.228 e. The summed E-state index contributed by atoms with van der Waals surface area (Å²) in [5, 5.41) is 0. The van der Waals surface area contributed by atoms with Gasteiger partial charge in [0.25, 0.3) is 0 Å². The van der Waals surface area contributed by atoms with Crippen LogP contribution in [0.4, 0.5) is 0 Å². The van der Waals surface area contributed by atoms with E-state index in [1.54, 1.807) is 0 Å². The highest BCUT2D eigenvalue weighted by Gasteiger charge is 2.37. The fourth-order valence-electron chi connectivity index (χ4n) is 3.55. The zero-order chi connectivity index (χ0) is 15.5. The lowest BCUT2D eigenvalue weighted by Gasteiger charge is -2.35. The first kappa shape index (κ1) is 15.1. The van der Waals surface area contributed by atoms with E-state index in [0.29, 0.717) is 25.6 Å². The molecule has 4 nitrogen and oxygen atoms in total. The molecule has 4 heteroatoms. The van der Waals surface area contributed by atoms with Crippen molar-refractivity contribution in [1.82, 2.24) is 9.80 Å². The second-order valence-electron chi connectivity index (χ2n) is 6.54. The molecule has 1 aromatic carbocycles. The second-order valence-corrected chi connectivity index (χ2v) is 6.54. The van der Waals surface area contributed by atoms with Gasteiger partial charge in [-0.05, 0) is 31.7 Å². The molecule has 118 valence electrons. The van der Waals surface area contributed by atoms with E-state index >= 15 is 0 Å². The topological polar surface area (TPSA) is 40.6 Å². The summed E-state index contributed by atoms with van der Waals surface area (Å²) >= 11 is 0. The van der Waals surface area contributed by atoms with Crippen LogP contribution in [0.5, 0.6) is 0 Å². The van der Waals surface area contributed by atoms with Gasteiger partial charge in [0.1, 0.15) is 0 Å². The lowest BCUT2D eigenvalue weighted by molar-refractivity contribution is -0.139. The van der Waals surface area contributed by atoms with E-state index in [0.717, 1.165) is 24.9 Å². The van der Waals surface area contributed by atoms with Gasteiger partial charge in [0.2, 0.25) is 11.8 Å². The number of likely N-dealkylation sites (tertiary alicyclic amines) is 2. The summed E-state index contributed by atoms with van der Waals surface area (Å²) in [5.41, 5.74) is 1.12. The van der Waals surface area contributed by atoms with Gasteiger partial charge in [0.05, 0.1) is 5.92 Å². The number of hydrogen-bond donors (Lipinski definition) is 0. The molecule has 2 atom stereocenters. The Balaban J connectivity index is 1.62. The zero-order valence-corrected chi connectivity index (χ0v) is 13.2. The first-order valence-corrected chi connectivity index (χ1v) is 8.27. The van der Waals surface area contributed by atoms with Crippen LogP contribution < -0.4 is 0 Å². The Hall–Kier alpha value is -1.84. The molecule has 1 aromatic rings. The summed E-state index contributed by atoms with van der Waals surface area (Å²) in [6, 6.07) is 10.3. The van der Waals surface area contributed by atoms with E-state index in [9.17, 15) is 9.59 Å². The van der Waals surface area contributed by atoms with Crippen LogP contribution in [0.2, 0.25) is 0 Å². The number of benzene rings is 1. The highest BCUT2D eigenvalue weighted by Crippen LogP contribution is 2.25. The van der Waals surface area contributed by atoms with Gasteiger partial charge < -0.3 is 9.80 Å². The van der Waals surface area contributed by atoms with Crippen molar-refractivity contribution < 1.29 is 9.59 Å². The molecule has 0 aromatic heterocycles. The molecule has 0 radical (unpaired) electrons. The third-order valence-electron chi connectivity index (χ3n) is 4.87. The van der Waals surface area contributed by atoms with Crippen molar-refractivity contribution in [3.05, 3.63) is 35.9 Å². The molecule has 0 aliphatic carbocycles. The third kappa shape index (κ3) is 3.16. The summed E-state index contributed by atoms with van der Waals surface area (Å²) in [4.78, 5) is 28.7. The quantitative estimate of drug-likeness (QED) is 0.860. The SMILES string of the molecule is CC1CCCCN1C(=O)C1CC(=O)N(Cc2ccccc2)C1. The van der Waals surface area contributed by atoms with Crippen LogP contribution in [0.3, 0.4) is 0 Å². The minimum absolute atomic E-state index is 0.104. The molecule has 3 rings (SSSR count). The van der Waals surface area contributed by atoms with Crippen LogP contribution in [-0.4, -0.2) is 40.7 Å². The van der Waals surface area contributed by atoms with Crippen LogP contribution >= 0.6 is 0 Å². The Kier molecular flexibility index (Phi) is 4.46. The monoisotopic (exact) mass is 300 g/mol. The van der Waals surface area contributed by atoms with Gasteiger partial charge in [0.15, 0.2) is 0 Å². The fraction of sp³-hybridized carbons (Fsp3) is 0.556. The van der Waals surface area contributed by atoms with Crippen molar-refractivity contribution >= 4 is 11.8 Å². The highest BCUT2D eigenvalue weighted by molar-refractivity contribution is 5.89. The second kappa shape index (κ2) is 6.51. The Labute approximate surface area is 132 Å². The van der Waals surface area contributed by atoms with E-state index < -0.39 is 0 Å². The van der Waals surface area contributed by atoms with Gasteiger partial charge in [-0.3, -0.25) is 9.59 Å². The van der Waals surface area contributed by atoms with Crippen molar-refractivity contribution in [2.75, 3.05) is 13.1 Å². The summed E-state index contributed by atoms with van der Waals surface area (Å²) in [6.07, 6.45) is 3.74. The Morgan fingerprint density at radius 3 is 2.73 bits per heavy atom. The average Bonchev–Trinajstić information content (AvgIpc) is 2.89. The number of piperidine rings is 1. The first-order chi connectivity index (χ1) is 10.6. The van der Waals surface area contributed by atoms with Crippen LogP contribution in [0.15, 0.2) is 30.3 Å². The van der Waals surface area contributed by atoms with Crippen molar-refractivity contribution in [2.24, 2.45) is 5.92 Å². The Bertz CT molecular complexity index is 543. The number of hydrogen-bond acceptors (Lipinski definition) is 2. The van der Waals surface area contributed by atoms with Crippen molar-refractivity contribution in [3.63, 3.8) is 0 Å². The number of carbonyl (C=O) groups excluding carboxylic acids is 2. The first-order valence-electron chi connectivity index (χ1n) is 8.27.